The fraction of sp³-hybridized carbons (Fsp3) is 0.500. The van der Waals surface area contributed by atoms with Crippen LogP contribution < -0.4 is 5.32 Å². The van der Waals surface area contributed by atoms with Crippen molar-refractivity contribution in [2.24, 2.45) is 11.8 Å². The number of thiophene rings is 1. The highest BCUT2D eigenvalue weighted by atomic mass is 32.1. The number of amides is 2. The minimum atomic E-state index is -0.396. The third-order valence-corrected chi connectivity index (χ3v) is 6.06. The summed E-state index contributed by atoms with van der Waals surface area (Å²) in [5.41, 5.74) is 0.923. The Kier molecular flexibility index (Phi) is 4.33. The first kappa shape index (κ1) is 16.3. The molecule has 25 heavy (non-hydrogen) atoms. The largest absolute Gasteiger partial charge is 0.354 e. The Hall–Kier alpha value is -2.15. The summed E-state index contributed by atoms with van der Waals surface area (Å²) >= 11 is 1.70. The summed E-state index contributed by atoms with van der Waals surface area (Å²) in [5, 5.41) is 5.06. The lowest BCUT2D eigenvalue weighted by Crippen LogP contribution is -2.47. The van der Waals surface area contributed by atoms with Crippen molar-refractivity contribution < 1.29 is 9.59 Å². The topological polar surface area (TPSA) is 67.2 Å². The second-order valence-electron chi connectivity index (χ2n) is 6.97. The zero-order chi connectivity index (χ0) is 17.4. The maximum Gasteiger partial charge on any atom is 0.244 e. The Morgan fingerprint density at radius 3 is 3.00 bits per heavy atom. The van der Waals surface area contributed by atoms with Crippen LogP contribution in [-0.2, 0) is 22.6 Å². The molecule has 0 unspecified atom stereocenters. The fourth-order valence-corrected chi connectivity index (χ4v) is 4.16. The molecule has 0 aromatic carbocycles. The minimum Gasteiger partial charge on any atom is -0.354 e. The average molecular weight is 358 g/mol. The maximum absolute atomic E-state index is 12.7. The average Bonchev–Trinajstić information content (AvgIpc) is 3.03. The third-order valence-electron chi connectivity index (χ3n) is 5.12. The molecule has 2 aromatic rings. The van der Waals surface area contributed by atoms with Crippen molar-refractivity contribution in [2.75, 3.05) is 13.1 Å². The molecule has 3 heterocycles. The zero-order valence-corrected chi connectivity index (χ0v) is 15.0. The molecule has 0 spiro atoms. The van der Waals surface area contributed by atoms with Gasteiger partial charge < -0.3 is 14.8 Å². The number of carbonyl (C=O) groups excluding carboxylic acids is 2. The molecule has 0 radical (unpaired) electrons. The number of imidazole rings is 1. The third kappa shape index (κ3) is 3.33. The van der Waals surface area contributed by atoms with Crippen molar-refractivity contribution in [1.29, 1.82) is 0 Å². The molecule has 1 saturated carbocycles. The van der Waals surface area contributed by atoms with E-state index in [0.29, 0.717) is 25.6 Å². The van der Waals surface area contributed by atoms with Gasteiger partial charge in [-0.1, -0.05) is 13.0 Å². The van der Waals surface area contributed by atoms with E-state index < -0.39 is 6.04 Å². The first-order valence-corrected chi connectivity index (χ1v) is 9.61. The number of aromatic nitrogens is 2. The van der Waals surface area contributed by atoms with E-state index in [4.69, 9.17) is 0 Å². The van der Waals surface area contributed by atoms with Gasteiger partial charge in [0.15, 0.2) is 0 Å². The Labute approximate surface area is 150 Å². The van der Waals surface area contributed by atoms with Crippen LogP contribution in [-0.4, -0.2) is 39.4 Å². The first-order chi connectivity index (χ1) is 12.1. The van der Waals surface area contributed by atoms with Gasteiger partial charge in [0.05, 0.1) is 25.1 Å². The van der Waals surface area contributed by atoms with E-state index >= 15 is 0 Å². The summed E-state index contributed by atoms with van der Waals surface area (Å²) in [7, 11) is 0. The lowest BCUT2D eigenvalue weighted by Gasteiger charge is -2.34. The van der Waals surface area contributed by atoms with Gasteiger partial charge in [0, 0.05) is 23.5 Å². The molecule has 1 fully saturated rings. The molecule has 1 aliphatic heterocycles. The summed E-state index contributed by atoms with van der Waals surface area (Å²) < 4.78 is 1.90. The van der Waals surface area contributed by atoms with Crippen LogP contribution in [0.15, 0.2) is 30.0 Å². The van der Waals surface area contributed by atoms with E-state index in [1.165, 1.54) is 4.88 Å². The minimum absolute atomic E-state index is 0.0443. The van der Waals surface area contributed by atoms with E-state index in [2.05, 4.69) is 23.3 Å². The van der Waals surface area contributed by atoms with Gasteiger partial charge in [-0.05, 0) is 30.2 Å². The van der Waals surface area contributed by atoms with Crippen LogP contribution in [0, 0.1) is 11.8 Å². The van der Waals surface area contributed by atoms with Gasteiger partial charge in [0.1, 0.15) is 6.04 Å². The van der Waals surface area contributed by atoms with Gasteiger partial charge in [-0.3, -0.25) is 9.59 Å². The molecule has 6 nitrogen and oxygen atoms in total. The van der Waals surface area contributed by atoms with Crippen molar-refractivity contribution in [2.45, 2.75) is 32.4 Å². The Balaban J connectivity index is 1.42. The van der Waals surface area contributed by atoms with Gasteiger partial charge in [-0.2, -0.15) is 0 Å². The van der Waals surface area contributed by atoms with Crippen LogP contribution in [0.3, 0.4) is 0 Å². The molecular weight excluding hydrogens is 336 g/mol. The molecular formula is C18H22N4O2S. The molecule has 2 amide bonds. The van der Waals surface area contributed by atoms with Crippen molar-refractivity contribution in [3.8, 4) is 0 Å². The second-order valence-corrected chi connectivity index (χ2v) is 8.00. The van der Waals surface area contributed by atoms with Crippen LogP contribution in [0.5, 0.6) is 0 Å². The van der Waals surface area contributed by atoms with Crippen LogP contribution in [0.2, 0.25) is 0 Å². The molecule has 1 aliphatic carbocycles. The Morgan fingerprint density at radius 2 is 2.28 bits per heavy atom. The van der Waals surface area contributed by atoms with E-state index in [1.807, 2.05) is 20.9 Å². The van der Waals surface area contributed by atoms with Gasteiger partial charge in [-0.15, -0.1) is 11.3 Å². The maximum atomic E-state index is 12.7. The van der Waals surface area contributed by atoms with Crippen molar-refractivity contribution in [3.63, 3.8) is 0 Å². The fourth-order valence-electron chi connectivity index (χ4n) is 3.45. The predicted octanol–water partition coefficient (Wildman–Crippen LogP) is 1.84. The number of rotatable bonds is 5. The highest BCUT2D eigenvalue weighted by Crippen LogP contribution is 2.40. The normalized spacial score (nSPS) is 24.7. The second kappa shape index (κ2) is 6.63. The van der Waals surface area contributed by atoms with Crippen LogP contribution in [0.4, 0.5) is 0 Å². The van der Waals surface area contributed by atoms with Gasteiger partial charge in [-0.25, -0.2) is 4.98 Å². The number of nitrogens with zero attached hydrogens (tertiary/aromatic N) is 3. The summed E-state index contributed by atoms with van der Waals surface area (Å²) in [6.07, 6.45) is 5.24. The predicted molar refractivity (Wildman–Crippen MR) is 95.0 cm³/mol. The van der Waals surface area contributed by atoms with Crippen LogP contribution >= 0.6 is 11.3 Å². The van der Waals surface area contributed by atoms with Crippen molar-refractivity contribution >= 4 is 23.2 Å². The molecule has 0 saturated heterocycles. The lowest BCUT2D eigenvalue weighted by molar-refractivity contribution is -0.136. The van der Waals surface area contributed by atoms with E-state index in [1.54, 1.807) is 23.9 Å². The van der Waals surface area contributed by atoms with E-state index in [-0.39, 0.29) is 17.7 Å². The Bertz CT molecular complexity index is 770. The molecule has 132 valence electrons. The molecule has 1 N–H and O–H groups in total. The van der Waals surface area contributed by atoms with Gasteiger partial charge in [0.2, 0.25) is 11.8 Å². The number of hydrogen-bond donors (Lipinski definition) is 1. The van der Waals surface area contributed by atoms with Crippen molar-refractivity contribution in [3.05, 3.63) is 40.6 Å². The zero-order valence-electron chi connectivity index (χ0n) is 14.2. The highest BCUT2D eigenvalue weighted by molar-refractivity contribution is 7.09. The number of hydrogen-bond acceptors (Lipinski definition) is 4. The molecule has 7 heteroatoms. The molecule has 4 rings (SSSR count). The monoisotopic (exact) mass is 358 g/mol. The standard InChI is InChI=1S/C18H22N4O2S/c1-12-7-15(12)18(24)21-9-13-8-19-11-22(13)16(10-21)17(23)20-5-4-14-3-2-6-25-14/h2-3,6,8,11-12,15-16H,4-5,7,9-10H2,1H3,(H,20,23)/t12-,15-,16+/m1/s1. The van der Waals surface area contributed by atoms with Crippen molar-refractivity contribution in [1.82, 2.24) is 19.8 Å². The van der Waals surface area contributed by atoms with Gasteiger partial charge in [0.25, 0.3) is 0 Å². The quantitative estimate of drug-likeness (QED) is 0.887. The summed E-state index contributed by atoms with van der Waals surface area (Å²) in [4.78, 5) is 32.6. The Morgan fingerprint density at radius 1 is 1.44 bits per heavy atom. The van der Waals surface area contributed by atoms with E-state index in [0.717, 1.165) is 18.5 Å². The molecule has 2 aromatic heterocycles. The number of nitrogens with one attached hydrogen (secondary N) is 1. The summed E-state index contributed by atoms with van der Waals surface area (Å²) in [5.74, 6) is 0.739. The van der Waals surface area contributed by atoms with E-state index in [9.17, 15) is 9.59 Å². The number of fused-ring (bicyclic) bond motifs is 1. The van der Waals surface area contributed by atoms with Crippen LogP contribution in [0.25, 0.3) is 0 Å². The summed E-state index contributed by atoms with van der Waals surface area (Å²) in [6, 6.07) is 3.69. The molecule has 0 bridgehead atoms. The van der Waals surface area contributed by atoms with Crippen LogP contribution in [0.1, 0.15) is 30.0 Å². The van der Waals surface area contributed by atoms with Gasteiger partial charge >= 0.3 is 0 Å². The summed E-state index contributed by atoms with van der Waals surface area (Å²) in [6.45, 7) is 3.68. The lowest BCUT2D eigenvalue weighted by atomic mass is 10.1. The smallest absolute Gasteiger partial charge is 0.244 e. The highest BCUT2D eigenvalue weighted by Gasteiger charge is 2.43. The first-order valence-electron chi connectivity index (χ1n) is 8.73. The molecule has 2 aliphatic rings. The molecule has 3 atom stereocenters. The number of carbonyl (C=O) groups is 2. The SMILES string of the molecule is C[C@@H]1C[C@H]1C(=O)N1Cc2cncn2[C@H](C(=O)NCCc2cccs2)C1.